The zero-order valence-electron chi connectivity index (χ0n) is 18.9. The molecular formula is C23H40N2O5S. The minimum absolute atomic E-state index is 0.548. The molecule has 31 heavy (non-hydrogen) atoms. The number of aromatic nitrogens is 2. The maximum Gasteiger partial charge on any atom is 0.414 e. The highest BCUT2D eigenvalue weighted by Crippen LogP contribution is 2.26. The Morgan fingerprint density at radius 2 is 1.84 bits per heavy atom. The number of nitrogens with zero attached hydrogens (tertiary/aromatic N) is 2. The molecule has 0 amide bonds. The maximum absolute atomic E-state index is 9.10. The number of carboxylic acids is 2. The number of rotatable bonds is 14. The van der Waals surface area contributed by atoms with E-state index < -0.39 is 11.9 Å². The highest BCUT2D eigenvalue weighted by Gasteiger charge is 2.14. The third-order valence-corrected chi connectivity index (χ3v) is 6.74. The molecule has 2 N–H and O–H groups in total. The van der Waals surface area contributed by atoms with Crippen LogP contribution in [0.5, 0.6) is 0 Å². The largest absolute Gasteiger partial charge is 0.473 e. The van der Waals surface area contributed by atoms with Gasteiger partial charge >= 0.3 is 11.9 Å². The molecular weight excluding hydrogens is 416 g/mol. The number of carboxylic acid groups (broad SMARTS) is 2. The molecule has 178 valence electrons. The molecule has 0 spiro atoms. The molecule has 0 aliphatic heterocycles. The summed E-state index contributed by atoms with van der Waals surface area (Å²) >= 11 is 2.09. The van der Waals surface area contributed by atoms with E-state index in [-0.39, 0.29) is 0 Å². The van der Waals surface area contributed by atoms with Crippen molar-refractivity contribution in [3.63, 3.8) is 0 Å². The van der Waals surface area contributed by atoms with Crippen LogP contribution in [0.2, 0.25) is 0 Å². The van der Waals surface area contributed by atoms with Crippen molar-refractivity contribution in [2.75, 3.05) is 19.0 Å². The second kappa shape index (κ2) is 18.1. The van der Waals surface area contributed by atoms with Gasteiger partial charge in [-0.2, -0.15) is 11.8 Å². The van der Waals surface area contributed by atoms with E-state index in [1.807, 2.05) is 12.5 Å². The lowest BCUT2D eigenvalue weighted by atomic mass is 9.87. The summed E-state index contributed by atoms with van der Waals surface area (Å²) in [5.74, 6) is -1.47. The number of thioether (sulfide) groups is 1. The van der Waals surface area contributed by atoms with Crippen LogP contribution in [0.25, 0.3) is 0 Å². The fourth-order valence-electron chi connectivity index (χ4n) is 3.68. The summed E-state index contributed by atoms with van der Waals surface area (Å²) in [7, 11) is 0. The lowest BCUT2D eigenvalue weighted by molar-refractivity contribution is -0.159. The van der Waals surface area contributed by atoms with E-state index in [1.54, 1.807) is 0 Å². The predicted octanol–water partition coefficient (Wildman–Crippen LogP) is 5.10. The Bertz CT molecular complexity index is 565. The third-order valence-electron chi connectivity index (χ3n) is 5.46. The Morgan fingerprint density at radius 3 is 2.45 bits per heavy atom. The summed E-state index contributed by atoms with van der Waals surface area (Å²) in [6, 6.07) is 0. The van der Waals surface area contributed by atoms with Gasteiger partial charge in [-0.25, -0.2) is 14.6 Å². The molecule has 1 saturated carbocycles. The van der Waals surface area contributed by atoms with E-state index >= 15 is 0 Å². The van der Waals surface area contributed by atoms with Gasteiger partial charge in [0.2, 0.25) is 0 Å². The van der Waals surface area contributed by atoms with Gasteiger partial charge in [-0.15, -0.1) is 0 Å². The number of imidazole rings is 1. The Morgan fingerprint density at radius 1 is 1.13 bits per heavy atom. The lowest BCUT2D eigenvalue weighted by Crippen LogP contribution is -2.20. The molecule has 7 nitrogen and oxygen atoms in total. The van der Waals surface area contributed by atoms with Gasteiger partial charge in [-0.05, 0) is 24.5 Å². The molecule has 1 aliphatic rings. The highest BCUT2D eigenvalue weighted by atomic mass is 32.2. The summed E-state index contributed by atoms with van der Waals surface area (Å²) < 4.78 is 8.28. The Balaban J connectivity index is 0.000000703. The molecule has 1 heterocycles. The van der Waals surface area contributed by atoms with Crippen LogP contribution in [0.4, 0.5) is 0 Å². The average Bonchev–Trinajstić information content (AvgIpc) is 3.27. The molecule has 1 fully saturated rings. The average molecular weight is 457 g/mol. The van der Waals surface area contributed by atoms with Gasteiger partial charge in [0.05, 0.1) is 12.9 Å². The molecule has 1 unspecified atom stereocenters. The summed E-state index contributed by atoms with van der Waals surface area (Å²) in [5, 5.41) is 15.3. The van der Waals surface area contributed by atoms with Crippen molar-refractivity contribution in [2.24, 2.45) is 5.92 Å². The Kier molecular flexibility index (Phi) is 16.0. The zero-order valence-corrected chi connectivity index (χ0v) is 19.7. The van der Waals surface area contributed by atoms with E-state index in [0.717, 1.165) is 25.7 Å². The smallest absolute Gasteiger partial charge is 0.414 e. The molecule has 1 aromatic heterocycles. The zero-order chi connectivity index (χ0) is 22.7. The molecule has 0 radical (unpaired) electrons. The molecule has 1 atom stereocenters. The van der Waals surface area contributed by atoms with Gasteiger partial charge < -0.3 is 19.5 Å². The summed E-state index contributed by atoms with van der Waals surface area (Å²) in [6.45, 7) is 5.12. The molecule has 1 aliphatic carbocycles. The van der Waals surface area contributed by atoms with Crippen LogP contribution in [-0.4, -0.2) is 55.9 Å². The van der Waals surface area contributed by atoms with Gasteiger partial charge in [-0.3, -0.25) is 0 Å². The second-order valence-electron chi connectivity index (χ2n) is 8.14. The number of hydrogen-bond donors (Lipinski definition) is 2. The van der Waals surface area contributed by atoms with Gasteiger partial charge in [-0.1, -0.05) is 64.7 Å². The molecule has 0 bridgehead atoms. The van der Waals surface area contributed by atoms with E-state index in [0.29, 0.717) is 5.25 Å². The van der Waals surface area contributed by atoms with E-state index in [2.05, 4.69) is 34.4 Å². The van der Waals surface area contributed by atoms with Crippen molar-refractivity contribution in [3.8, 4) is 0 Å². The fraction of sp³-hybridized carbons (Fsp3) is 0.783. The van der Waals surface area contributed by atoms with Crippen LogP contribution in [0.3, 0.4) is 0 Å². The maximum atomic E-state index is 9.10. The quantitative estimate of drug-likeness (QED) is 0.297. The molecule has 2 rings (SSSR count). The van der Waals surface area contributed by atoms with Crippen LogP contribution in [0.1, 0.15) is 77.6 Å². The van der Waals surface area contributed by atoms with Crippen LogP contribution in [0, 0.1) is 5.92 Å². The summed E-state index contributed by atoms with van der Waals surface area (Å²) in [4.78, 5) is 22.4. The Labute approximate surface area is 191 Å². The standard InChI is InChI=1S/C21H38N2OS.C2H2O4/c1-2-3-4-5-9-16-25-21(17-23-14-13-22-19-23)18-24-15-12-20-10-7-6-8-11-20;3-1(4)2(5)6/h13-14,19-21H,2-12,15-18H2,1H3;(H,3,4)(H,5,6). The molecule has 0 aromatic carbocycles. The minimum Gasteiger partial charge on any atom is -0.473 e. The van der Waals surface area contributed by atoms with Crippen molar-refractivity contribution < 1.29 is 24.5 Å². The number of aliphatic carboxylic acids is 2. The first-order valence-electron chi connectivity index (χ1n) is 11.6. The number of ether oxygens (including phenoxy) is 1. The van der Waals surface area contributed by atoms with Crippen molar-refractivity contribution >= 4 is 23.7 Å². The van der Waals surface area contributed by atoms with Crippen LogP contribution in [-0.2, 0) is 20.9 Å². The lowest BCUT2D eigenvalue weighted by Gasteiger charge is -2.22. The number of carbonyl (C=O) groups is 2. The molecule has 0 saturated heterocycles. The van der Waals surface area contributed by atoms with Crippen LogP contribution < -0.4 is 0 Å². The van der Waals surface area contributed by atoms with E-state index in [9.17, 15) is 0 Å². The van der Waals surface area contributed by atoms with Gasteiger partial charge in [0.15, 0.2) is 0 Å². The summed E-state index contributed by atoms with van der Waals surface area (Å²) in [5.41, 5.74) is 0. The minimum atomic E-state index is -1.82. The number of unbranched alkanes of at least 4 members (excludes halogenated alkanes) is 4. The van der Waals surface area contributed by atoms with E-state index in [1.165, 1.54) is 76.4 Å². The monoisotopic (exact) mass is 456 g/mol. The summed E-state index contributed by atoms with van der Waals surface area (Å²) in [6.07, 6.45) is 21.1. The van der Waals surface area contributed by atoms with Crippen LogP contribution in [0.15, 0.2) is 18.7 Å². The molecule has 8 heteroatoms. The van der Waals surface area contributed by atoms with Crippen molar-refractivity contribution in [3.05, 3.63) is 18.7 Å². The second-order valence-corrected chi connectivity index (χ2v) is 9.55. The van der Waals surface area contributed by atoms with Gasteiger partial charge in [0.1, 0.15) is 0 Å². The highest BCUT2D eigenvalue weighted by molar-refractivity contribution is 7.99. The normalized spacial score (nSPS) is 15.1. The van der Waals surface area contributed by atoms with E-state index in [4.69, 9.17) is 24.5 Å². The van der Waals surface area contributed by atoms with Crippen LogP contribution >= 0.6 is 11.8 Å². The van der Waals surface area contributed by atoms with Gasteiger partial charge in [0.25, 0.3) is 0 Å². The first-order chi connectivity index (χ1) is 15.0. The fourth-order valence-corrected chi connectivity index (χ4v) is 4.85. The van der Waals surface area contributed by atoms with Gasteiger partial charge in [0, 0.05) is 30.8 Å². The predicted molar refractivity (Wildman–Crippen MR) is 125 cm³/mol. The third kappa shape index (κ3) is 15.0. The Hall–Kier alpha value is -1.54. The van der Waals surface area contributed by atoms with Crippen molar-refractivity contribution in [2.45, 2.75) is 89.3 Å². The van der Waals surface area contributed by atoms with Crippen molar-refractivity contribution in [1.82, 2.24) is 9.55 Å². The molecule has 1 aromatic rings. The first kappa shape index (κ1) is 27.5. The SMILES string of the molecule is CCCCCCCSC(COCCC1CCCCC1)Cn1ccnc1.O=C(O)C(=O)O. The topological polar surface area (TPSA) is 102 Å². The van der Waals surface area contributed by atoms with Crippen molar-refractivity contribution in [1.29, 1.82) is 0 Å². The first-order valence-corrected chi connectivity index (χ1v) is 12.7. The number of hydrogen-bond acceptors (Lipinski definition) is 5.